The van der Waals surface area contributed by atoms with Crippen LogP contribution in [0.4, 0.5) is 4.79 Å². The molecule has 0 bridgehead atoms. The monoisotopic (exact) mass is 411 g/mol. The van der Waals surface area contributed by atoms with Crippen LogP contribution in [0.3, 0.4) is 0 Å². The SMILES string of the molecule is CC(C)(C)OC(=O)N1Cc2ccc(Cl)cc2C1C1=C(Cl)SC(C=O)=CC1. The van der Waals surface area contributed by atoms with E-state index < -0.39 is 11.7 Å². The molecule has 2 heterocycles. The Morgan fingerprint density at radius 1 is 1.35 bits per heavy atom. The van der Waals surface area contributed by atoms with Gasteiger partial charge in [-0.2, -0.15) is 0 Å². The average molecular weight is 412 g/mol. The second-order valence-corrected chi connectivity index (χ2v) is 9.31. The van der Waals surface area contributed by atoms with Gasteiger partial charge in [-0.15, -0.1) is 0 Å². The highest BCUT2D eigenvalue weighted by Crippen LogP contribution is 2.48. The van der Waals surface area contributed by atoms with E-state index in [0.29, 0.717) is 27.3 Å². The maximum absolute atomic E-state index is 12.8. The molecule has 2 aliphatic heterocycles. The van der Waals surface area contributed by atoms with Crippen LogP contribution >= 0.6 is 35.0 Å². The van der Waals surface area contributed by atoms with E-state index in [2.05, 4.69) is 0 Å². The predicted molar refractivity (Wildman–Crippen MR) is 105 cm³/mol. The van der Waals surface area contributed by atoms with Crippen LogP contribution in [-0.2, 0) is 16.1 Å². The summed E-state index contributed by atoms with van der Waals surface area (Å²) in [5.74, 6) is 0. The van der Waals surface area contributed by atoms with Gasteiger partial charge in [0.1, 0.15) is 5.60 Å². The number of benzene rings is 1. The quantitative estimate of drug-likeness (QED) is 0.576. The van der Waals surface area contributed by atoms with Gasteiger partial charge < -0.3 is 4.74 Å². The van der Waals surface area contributed by atoms with E-state index in [0.717, 1.165) is 23.0 Å². The number of hydrogen-bond acceptors (Lipinski definition) is 4. The molecule has 3 rings (SSSR count). The first-order valence-corrected chi connectivity index (χ1v) is 9.76. The molecule has 1 aromatic carbocycles. The summed E-state index contributed by atoms with van der Waals surface area (Å²) >= 11 is 13.9. The zero-order valence-corrected chi connectivity index (χ0v) is 17.0. The maximum Gasteiger partial charge on any atom is 0.411 e. The third-order valence-corrected chi connectivity index (χ3v) is 5.76. The average Bonchev–Trinajstić information content (AvgIpc) is 2.91. The first-order chi connectivity index (χ1) is 12.2. The van der Waals surface area contributed by atoms with Crippen molar-refractivity contribution in [3.05, 3.63) is 55.3 Å². The van der Waals surface area contributed by atoms with E-state index in [1.807, 2.05) is 45.0 Å². The Hall–Kier alpha value is -1.43. The molecule has 0 N–H and O–H groups in total. The predicted octanol–water partition coefficient (Wildman–Crippen LogP) is 5.80. The standard InChI is InChI=1S/C19H19Cl2NO3S/c1-19(2,3)25-18(24)22-9-11-4-5-12(20)8-15(11)16(22)14-7-6-13(10-23)26-17(14)21/h4-6,8,10,16H,7,9H2,1-3H3. The Morgan fingerprint density at radius 2 is 2.08 bits per heavy atom. The molecule has 1 amide bonds. The molecular weight excluding hydrogens is 393 g/mol. The molecule has 0 radical (unpaired) electrons. The summed E-state index contributed by atoms with van der Waals surface area (Å²) in [5, 5.41) is 0.601. The first kappa shape index (κ1) is 19.3. The molecule has 1 atom stereocenters. The van der Waals surface area contributed by atoms with Crippen molar-refractivity contribution >= 4 is 47.3 Å². The number of thioether (sulfide) groups is 1. The number of carbonyl (C=O) groups excluding carboxylic acids is 2. The van der Waals surface area contributed by atoms with Crippen molar-refractivity contribution in [1.29, 1.82) is 0 Å². The van der Waals surface area contributed by atoms with Crippen molar-refractivity contribution in [1.82, 2.24) is 4.90 Å². The second-order valence-electron chi connectivity index (χ2n) is 7.18. The highest BCUT2D eigenvalue weighted by molar-refractivity contribution is 8.08. The molecule has 138 valence electrons. The number of ether oxygens (including phenoxy) is 1. The lowest BCUT2D eigenvalue weighted by Crippen LogP contribution is -2.36. The number of halogens is 2. The van der Waals surface area contributed by atoms with Crippen LogP contribution in [0.2, 0.25) is 5.02 Å². The molecule has 7 heteroatoms. The highest BCUT2D eigenvalue weighted by Gasteiger charge is 2.39. The number of allylic oxidation sites excluding steroid dienone is 2. The van der Waals surface area contributed by atoms with Crippen LogP contribution in [0.15, 0.2) is 39.1 Å². The van der Waals surface area contributed by atoms with E-state index in [1.165, 1.54) is 11.8 Å². The number of aldehydes is 1. The molecule has 0 spiro atoms. The van der Waals surface area contributed by atoms with Crippen LogP contribution in [0, 0.1) is 0 Å². The molecule has 4 nitrogen and oxygen atoms in total. The molecule has 0 saturated heterocycles. The van der Waals surface area contributed by atoms with E-state index in [9.17, 15) is 9.59 Å². The van der Waals surface area contributed by atoms with Gasteiger partial charge in [-0.05, 0) is 56.0 Å². The van der Waals surface area contributed by atoms with E-state index >= 15 is 0 Å². The van der Waals surface area contributed by atoms with Crippen molar-refractivity contribution in [3.63, 3.8) is 0 Å². The van der Waals surface area contributed by atoms with Crippen molar-refractivity contribution in [2.45, 2.75) is 45.4 Å². The Kier molecular flexibility index (Phi) is 5.42. The lowest BCUT2D eigenvalue weighted by atomic mass is 9.96. The van der Waals surface area contributed by atoms with Crippen LogP contribution in [0.5, 0.6) is 0 Å². The van der Waals surface area contributed by atoms with E-state index in [4.69, 9.17) is 27.9 Å². The van der Waals surface area contributed by atoms with Crippen LogP contribution in [0.25, 0.3) is 0 Å². The van der Waals surface area contributed by atoms with Crippen molar-refractivity contribution < 1.29 is 14.3 Å². The Morgan fingerprint density at radius 3 is 2.69 bits per heavy atom. The maximum atomic E-state index is 12.8. The van der Waals surface area contributed by atoms with Gasteiger partial charge in [-0.1, -0.05) is 47.1 Å². The number of amides is 1. The minimum absolute atomic E-state index is 0.358. The fraction of sp³-hybridized carbons (Fsp3) is 0.368. The largest absolute Gasteiger partial charge is 0.444 e. The highest BCUT2D eigenvalue weighted by atomic mass is 35.5. The van der Waals surface area contributed by atoms with Crippen LogP contribution in [-0.4, -0.2) is 22.9 Å². The smallest absolute Gasteiger partial charge is 0.411 e. The zero-order chi connectivity index (χ0) is 19.1. The van der Waals surface area contributed by atoms with Gasteiger partial charge in [0.25, 0.3) is 0 Å². The molecule has 26 heavy (non-hydrogen) atoms. The second kappa shape index (κ2) is 7.29. The molecule has 0 saturated carbocycles. The number of rotatable bonds is 2. The normalized spacial score (nSPS) is 20.0. The third-order valence-electron chi connectivity index (χ3n) is 4.11. The van der Waals surface area contributed by atoms with Gasteiger partial charge in [-0.3, -0.25) is 9.69 Å². The lowest BCUT2D eigenvalue weighted by Gasteiger charge is -2.31. The molecule has 1 unspecified atom stereocenters. The zero-order valence-electron chi connectivity index (χ0n) is 14.7. The van der Waals surface area contributed by atoms with Crippen molar-refractivity contribution in [2.75, 3.05) is 0 Å². The Balaban J connectivity index is 2.01. The van der Waals surface area contributed by atoms with Gasteiger partial charge in [0.15, 0.2) is 6.29 Å². The first-order valence-electron chi connectivity index (χ1n) is 8.19. The molecule has 0 fully saturated rings. The summed E-state index contributed by atoms with van der Waals surface area (Å²) in [6, 6.07) is 5.24. The minimum atomic E-state index is -0.599. The van der Waals surface area contributed by atoms with Crippen molar-refractivity contribution in [2.24, 2.45) is 0 Å². The number of carbonyl (C=O) groups is 2. The summed E-state index contributed by atoms with van der Waals surface area (Å²) in [6.07, 6.45) is 2.71. The lowest BCUT2D eigenvalue weighted by molar-refractivity contribution is -0.104. The van der Waals surface area contributed by atoms with E-state index in [-0.39, 0.29) is 6.04 Å². The molecule has 2 aliphatic rings. The topological polar surface area (TPSA) is 46.6 Å². The van der Waals surface area contributed by atoms with Crippen molar-refractivity contribution in [3.8, 4) is 0 Å². The van der Waals surface area contributed by atoms with E-state index in [1.54, 1.807) is 4.90 Å². The summed E-state index contributed by atoms with van der Waals surface area (Å²) in [4.78, 5) is 26.1. The summed E-state index contributed by atoms with van der Waals surface area (Å²) in [5.41, 5.74) is 2.23. The van der Waals surface area contributed by atoms with Crippen LogP contribution in [0.1, 0.15) is 44.4 Å². The summed E-state index contributed by atoms with van der Waals surface area (Å²) < 4.78 is 6.11. The Labute approximate surface area is 167 Å². The molecule has 1 aromatic rings. The summed E-state index contributed by atoms with van der Waals surface area (Å²) in [7, 11) is 0. The van der Waals surface area contributed by atoms with Crippen LogP contribution < -0.4 is 0 Å². The fourth-order valence-electron chi connectivity index (χ4n) is 3.07. The van der Waals surface area contributed by atoms with Gasteiger partial charge in [0, 0.05) is 9.93 Å². The number of hydrogen-bond donors (Lipinski definition) is 0. The van der Waals surface area contributed by atoms with Gasteiger partial charge >= 0.3 is 6.09 Å². The fourth-order valence-corrected chi connectivity index (χ4v) is 4.44. The van der Waals surface area contributed by atoms with Gasteiger partial charge in [0.2, 0.25) is 0 Å². The Bertz CT molecular complexity index is 827. The minimum Gasteiger partial charge on any atom is -0.444 e. The third kappa shape index (κ3) is 3.95. The molecule has 0 aromatic heterocycles. The number of nitrogens with zero attached hydrogens (tertiary/aromatic N) is 1. The van der Waals surface area contributed by atoms with Gasteiger partial charge in [0.05, 0.1) is 17.0 Å². The number of fused-ring (bicyclic) bond motifs is 1. The summed E-state index contributed by atoms with van der Waals surface area (Å²) in [6.45, 7) is 5.93. The molecule has 0 aliphatic carbocycles. The molecular formula is C19H19Cl2NO3S. The van der Waals surface area contributed by atoms with Gasteiger partial charge in [-0.25, -0.2) is 4.79 Å².